The van der Waals surface area contributed by atoms with Crippen molar-refractivity contribution < 1.29 is 9.53 Å². The van der Waals surface area contributed by atoms with Crippen molar-refractivity contribution in [2.45, 2.75) is 13.0 Å². The van der Waals surface area contributed by atoms with Gasteiger partial charge in [-0.3, -0.25) is 9.36 Å². The maximum atomic E-state index is 11.6. The van der Waals surface area contributed by atoms with Gasteiger partial charge in [-0.1, -0.05) is 24.3 Å². The van der Waals surface area contributed by atoms with E-state index in [1.807, 2.05) is 24.3 Å². The summed E-state index contributed by atoms with van der Waals surface area (Å²) in [7, 11) is 1.36. The molecule has 0 radical (unpaired) electrons. The first-order chi connectivity index (χ1) is 9.20. The maximum absolute atomic E-state index is 11.6. The van der Waals surface area contributed by atoms with Crippen LogP contribution in [0.1, 0.15) is 11.1 Å². The number of carbonyl (C=O) groups is 1. The van der Waals surface area contributed by atoms with Crippen LogP contribution in [0.5, 0.6) is 0 Å². The van der Waals surface area contributed by atoms with Gasteiger partial charge >= 0.3 is 11.7 Å². The van der Waals surface area contributed by atoms with Gasteiger partial charge in [-0.2, -0.15) is 0 Å². The molecular weight excluding hydrogens is 244 g/mol. The average Bonchev–Trinajstić information content (AvgIpc) is 2.43. The van der Waals surface area contributed by atoms with Gasteiger partial charge in [0, 0.05) is 12.4 Å². The van der Waals surface area contributed by atoms with Crippen molar-refractivity contribution in [3.63, 3.8) is 0 Å². The highest BCUT2D eigenvalue weighted by Gasteiger charge is 2.08. The van der Waals surface area contributed by atoms with Crippen LogP contribution in [-0.2, 0) is 22.5 Å². The highest BCUT2D eigenvalue weighted by Crippen LogP contribution is 2.11. The van der Waals surface area contributed by atoms with Crippen LogP contribution in [0.2, 0.25) is 0 Å². The lowest BCUT2D eigenvalue weighted by Crippen LogP contribution is -2.22. The SMILES string of the molecule is COC(=O)Cc1ccccc1Cn1cccnc1=O. The molecule has 1 aromatic carbocycles. The Balaban J connectivity index is 2.28. The highest BCUT2D eigenvalue weighted by atomic mass is 16.5. The van der Waals surface area contributed by atoms with Crippen molar-refractivity contribution in [3.8, 4) is 0 Å². The Morgan fingerprint density at radius 2 is 2.00 bits per heavy atom. The van der Waals surface area contributed by atoms with E-state index in [0.29, 0.717) is 6.54 Å². The molecule has 0 unspecified atom stereocenters. The maximum Gasteiger partial charge on any atom is 0.347 e. The Kier molecular flexibility index (Phi) is 4.07. The number of carbonyl (C=O) groups excluding carboxylic acids is 1. The Morgan fingerprint density at radius 1 is 1.26 bits per heavy atom. The lowest BCUT2D eigenvalue weighted by Gasteiger charge is -2.09. The van der Waals surface area contributed by atoms with Crippen LogP contribution in [0.3, 0.4) is 0 Å². The molecule has 0 fully saturated rings. The van der Waals surface area contributed by atoms with Crippen LogP contribution in [-0.4, -0.2) is 22.6 Å². The van der Waals surface area contributed by atoms with Crippen LogP contribution >= 0.6 is 0 Å². The quantitative estimate of drug-likeness (QED) is 0.768. The van der Waals surface area contributed by atoms with Crippen LogP contribution in [0, 0.1) is 0 Å². The van der Waals surface area contributed by atoms with Crippen molar-refractivity contribution in [3.05, 3.63) is 64.3 Å². The van der Waals surface area contributed by atoms with Crippen molar-refractivity contribution in [1.82, 2.24) is 9.55 Å². The molecule has 0 aliphatic heterocycles. The largest absolute Gasteiger partial charge is 0.469 e. The fourth-order valence-electron chi connectivity index (χ4n) is 1.80. The number of esters is 1. The molecule has 0 bridgehead atoms. The van der Waals surface area contributed by atoms with Crippen molar-refractivity contribution >= 4 is 5.97 Å². The third-order valence-corrected chi connectivity index (χ3v) is 2.80. The minimum Gasteiger partial charge on any atom is -0.469 e. The van der Waals surface area contributed by atoms with Crippen LogP contribution in [0.15, 0.2) is 47.5 Å². The highest BCUT2D eigenvalue weighted by molar-refractivity contribution is 5.72. The molecule has 98 valence electrons. The number of aromatic nitrogens is 2. The van der Waals surface area contributed by atoms with Crippen LogP contribution in [0.25, 0.3) is 0 Å². The molecule has 0 spiro atoms. The molecule has 1 aromatic heterocycles. The molecule has 2 aromatic rings. The standard InChI is InChI=1S/C14H14N2O3/c1-19-13(17)9-11-5-2-3-6-12(11)10-16-8-4-7-15-14(16)18/h2-8H,9-10H2,1H3. The van der Waals surface area contributed by atoms with Gasteiger partial charge in [0.25, 0.3) is 0 Å². The zero-order valence-electron chi connectivity index (χ0n) is 10.6. The summed E-state index contributed by atoms with van der Waals surface area (Å²) in [6.07, 6.45) is 3.32. The number of methoxy groups -OCH3 is 1. The average molecular weight is 258 g/mol. The Bertz CT molecular complexity index is 634. The second-order valence-corrected chi connectivity index (χ2v) is 4.05. The molecule has 0 saturated carbocycles. The van der Waals surface area contributed by atoms with E-state index in [4.69, 9.17) is 0 Å². The molecule has 0 N–H and O–H groups in total. The van der Waals surface area contributed by atoms with Gasteiger partial charge in [-0.25, -0.2) is 9.78 Å². The summed E-state index contributed by atoms with van der Waals surface area (Å²) >= 11 is 0. The number of hydrogen-bond acceptors (Lipinski definition) is 4. The molecular formula is C14H14N2O3. The normalized spacial score (nSPS) is 10.2. The van der Waals surface area contributed by atoms with E-state index < -0.39 is 0 Å². The lowest BCUT2D eigenvalue weighted by atomic mass is 10.0. The Morgan fingerprint density at radius 3 is 2.68 bits per heavy atom. The summed E-state index contributed by atoms with van der Waals surface area (Å²) in [5, 5.41) is 0. The molecule has 0 aliphatic carbocycles. The first-order valence-electron chi connectivity index (χ1n) is 5.86. The van der Waals surface area contributed by atoms with Gasteiger partial charge in [-0.15, -0.1) is 0 Å². The topological polar surface area (TPSA) is 61.2 Å². The molecule has 0 aliphatic rings. The fourth-order valence-corrected chi connectivity index (χ4v) is 1.80. The number of rotatable bonds is 4. The molecule has 0 amide bonds. The molecule has 19 heavy (non-hydrogen) atoms. The molecule has 0 atom stereocenters. The molecule has 5 nitrogen and oxygen atoms in total. The Labute approximate surface area is 110 Å². The predicted octanol–water partition coefficient (Wildman–Crippen LogP) is 1.01. The summed E-state index contributed by atoms with van der Waals surface area (Å²) in [6.45, 7) is 0.389. The summed E-state index contributed by atoms with van der Waals surface area (Å²) in [4.78, 5) is 26.6. The van der Waals surface area contributed by atoms with E-state index in [2.05, 4.69) is 9.72 Å². The van der Waals surface area contributed by atoms with E-state index in [-0.39, 0.29) is 18.1 Å². The minimum atomic E-state index is -0.310. The zero-order chi connectivity index (χ0) is 13.7. The zero-order valence-corrected chi connectivity index (χ0v) is 10.6. The third-order valence-electron chi connectivity index (χ3n) is 2.80. The van der Waals surface area contributed by atoms with Crippen molar-refractivity contribution in [2.75, 3.05) is 7.11 Å². The fraction of sp³-hybridized carbons (Fsp3) is 0.214. The number of nitrogens with zero attached hydrogens (tertiary/aromatic N) is 2. The first-order valence-corrected chi connectivity index (χ1v) is 5.86. The van der Waals surface area contributed by atoms with Gasteiger partial charge < -0.3 is 4.74 Å². The number of ether oxygens (including phenoxy) is 1. The van der Waals surface area contributed by atoms with Crippen LogP contribution in [0.4, 0.5) is 0 Å². The summed E-state index contributed by atoms with van der Waals surface area (Å²) in [5.74, 6) is -0.300. The van der Waals surface area contributed by atoms with Crippen molar-refractivity contribution in [2.24, 2.45) is 0 Å². The van der Waals surface area contributed by atoms with E-state index in [1.54, 1.807) is 12.3 Å². The summed E-state index contributed by atoms with van der Waals surface area (Å²) in [6, 6.07) is 9.17. The van der Waals surface area contributed by atoms with E-state index >= 15 is 0 Å². The minimum absolute atomic E-state index is 0.196. The second-order valence-electron chi connectivity index (χ2n) is 4.05. The Hall–Kier alpha value is -2.43. The number of hydrogen-bond donors (Lipinski definition) is 0. The molecule has 5 heteroatoms. The predicted molar refractivity (Wildman–Crippen MR) is 69.8 cm³/mol. The van der Waals surface area contributed by atoms with Gasteiger partial charge in [0.2, 0.25) is 0 Å². The molecule has 0 saturated heterocycles. The third kappa shape index (κ3) is 3.28. The number of benzene rings is 1. The molecule has 2 rings (SSSR count). The second kappa shape index (κ2) is 5.95. The van der Waals surface area contributed by atoms with E-state index in [9.17, 15) is 9.59 Å². The van der Waals surface area contributed by atoms with Gasteiger partial charge in [0.15, 0.2) is 0 Å². The van der Waals surface area contributed by atoms with Gasteiger partial charge in [0.05, 0.1) is 20.1 Å². The molecule has 1 heterocycles. The van der Waals surface area contributed by atoms with Gasteiger partial charge in [-0.05, 0) is 17.2 Å². The van der Waals surface area contributed by atoms with Crippen LogP contribution < -0.4 is 5.69 Å². The summed E-state index contributed by atoms with van der Waals surface area (Å²) in [5.41, 5.74) is 1.45. The lowest BCUT2D eigenvalue weighted by molar-refractivity contribution is -0.139. The van der Waals surface area contributed by atoms with E-state index in [1.165, 1.54) is 17.9 Å². The summed E-state index contributed by atoms with van der Waals surface area (Å²) < 4.78 is 6.16. The van der Waals surface area contributed by atoms with E-state index in [0.717, 1.165) is 11.1 Å². The first kappa shape index (κ1) is 13.0. The monoisotopic (exact) mass is 258 g/mol. The van der Waals surface area contributed by atoms with Gasteiger partial charge in [0.1, 0.15) is 0 Å². The van der Waals surface area contributed by atoms with Crippen molar-refractivity contribution in [1.29, 1.82) is 0 Å². The smallest absolute Gasteiger partial charge is 0.347 e.